The molecule has 5 rings (SSSR count). The molecule has 8 heteroatoms. The molecule has 3 aromatic heterocycles. The van der Waals surface area contributed by atoms with E-state index in [0.717, 1.165) is 62.5 Å². The highest BCUT2D eigenvalue weighted by Crippen LogP contribution is 2.29. The van der Waals surface area contributed by atoms with E-state index in [4.69, 9.17) is 5.10 Å². The lowest BCUT2D eigenvalue weighted by Crippen LogP contribution is -2.33. The molecule has 1 fully saturated rings. The number of piperidine rings is 1. The predicted molar refractivity (Wildman–Crippen MR) is 91.1 cm³/mol. The van der Waals surface area contributed by atoms with Crippen molar-refractivity contribution in [2.24, 2.45) is 7.05 Å². The van der Waals surface area contributed by atoms with Crippen LogP contribution in [0.1, 0.15) is 48.0 Å². The molecular formula is C17H22N8. The predicted octanol–water partition coefficient (Wildman–Crippen LogP) is 1.12. The molecule has 0 atom stereocenters. The lowest BCUT2D eigenvalue weighted by molar-refractivity contribution is 0.196. The molecule has 0 saturated carbocycles. The Labute approximate surface area is 145 Å². The number of hydrogen-bond donors (Lipinski definition) is 0. The standard InChI is InChI=1S/C17H22N8/c1-23-14(10-18-22-23)11-24-7-5-12(6-8-24)17-20-19-16-9-13-3-2-4-15(13)21-25(16)17/h9-10,12H,2-8,11H2,1H3. The summed E-state index contributed by atoms with van der Waals surface area (Å²) in [5, 5.41) is 21.7. The average Bonchev–Trinajstić information content (AvgIpc) is 3.34. The van der Waals surface area contributed by atoms with Gasteiger partial charge in [0.05, 0.1) is 17.6 Å². The second-order valence-corrected chi connectivity index (χ2v) is 7.20. The number of fused-ring (bicyclic) bond motifs is 2. The fraction of sp³-hybridized carbons (Fsp3) is 0.588. The number of hydrogen-bond acceptors (Lipinski definition) is 6. The summed E-state index contributed by atoms with van der Waals surface area (Å²) >= 11 is 0. The van der Waals surface area contributed by atoms with E-state index in [-0.39, 0.29) is 0 Å². The van der Waals surface area contributed by atoms with Crippen molar-refractivity contribution in [3.05, 3.63) is 35.0 Å². The van der Waals surface area contributed by atoms with E-state index in [9.17, 15) is 0 Å². The Morgan fingerprint density at radius 1 is 1.16 bits per heavy atom. The van der Waals surface area contributed by atoms with Crippen LogP contribution in [-0.4, -0.2) is 52.8 Å². The van der Waals surface area contributed by atoms with Crippen molar-refractivity contribution in [3.8, 4) is 0 Å². The topological polar surface area (TPSA) is 77.0 Å². The van der Waals surface area contributed by atoms with Crippen molar-refractivity contribution in [1.82, 2.24) is 39.7 Å². The third-order valence-corrected chi connectivity index (χ3v) is 5.59. The van der Waals surface area contributed by atoms with E-state index in [1.807, 2.05) is 22.4 Å². The number of nitrogens with zero attached hydrogens (tertiary/aromatic N) is 8. The van der Waals surface area contributed by atoms with Gasteiger partial charge < -0.3 is 0 Å². The summed E-state index contributed by atoms with van der Waals surface area (Å²) in [6.07, 6.45) is 7.44. The fourth-order valence-corrected chi connectivity index (χ4v) is 4.08. The van der Waals surface area contributed by atoms with Crippen molar-refractivity contribution < 1.29 is 0 Å². The van der Waals surface area contributed by atoms with Gasteiger partial charge in [0.15, 0.2) is 11.5 Å². The molecule has 25 heavy (non-hydrogen) atoms. The Hall–Kier alpha value is -2.35. The summed E-state index contributed by atoms with van der Waals surface area (Å²) in [5.74, 6) is 1.47. The first kappa shape index (κ1) is 14.9. The molecule has 1 aliphatic carbocycles. The van der Waals surface area contributed by atoms with Crippen molar-refractivity contribution in [3.63, 3.8) is 0 Å². The molecule has 4 heterocycles. The molecule has 2 aliphatic rings. The molecule has 0 spiro atoms. The Balaban J connectivity index is 1.32. The Bertz CT molecular complexity index is 903. The molecular weight excluding hydrogens is 316 g/mol. The van der Waals surface area contributed by atoms with Crippen molar-refractivity contribution >= 4 is 5.65 Å². The highest BCUT2D eigenvalue weighted by Gasteiger charge is 2.26. The van der Waals surface area contributed by atoms with Gasteiger partial charge in [0.2, 0.25) is 0 Å². The minimum atomic E-state index is 0.433. The molecule has 0 aromatic carbocycles. The molecule has 3 aromatic rings. The molecule has 0 unspecified atom stereocenters. The van der Waals surface area contributed by atoms with Crippen LogP contribution in [0.25, 0.3) is 5.65 Å². The van der Waals surface area contributed by atoms with Gasteiger partial charge in [0.25, 0.3) is 0 Å². The first-order valence-electron chi connectivity index (χ1n) is 9.08. The first-order valence-corrected chi connectivity index (χ1v) is 9.08. The third-order valence-electron chi connectivity index (χ3n) is 5.59. The smallest absolute Gasteiger partial charge is 0.178 e. The zero-order valence-electron chi connectivity index (χ0n) is 14.5. The zero-order chi connectivity index (χ0) is 16.8. The highest BCUT2D eigenvalue weighted by atomic mass is 15.4. The lowest BCUT2D eigenvalue weighted by atomic mass is 9.96. The summed E-state index contributed by atoms with van der Waals surface area (Å²) in [6, 6.07) is 2.18. The first-order chi connectivity index (χ1) is 12.3. The number of likely N-dealkylation sites (tertiary alicyclic amines) is 1. The van der Waals surface area contributed by atoms with Gasteiger partial charge in [-0.2, -0.15) is 9.61 Å². The molecule has 8 nitrogen and oxygen atoms in total. The average molecular weight is 338 g/mol. The van der Waals surface area contributed by atoms with Gasteiger partial charge in [-0.25, -0.2) is 0 Å². The third kappa shape index (κ3) is 2.60. The van der Waals surface area contributed by atoms with Crippen molar-refractivity contribution in [1.29, 1.82) is 0 Å². The summed E-state index contributed by atoms with van der Waals surface area (Å²) in [7, 11) is 1.95. The maximum absolute atomic E-state index is 4.84. The van der Waals surface area contributed by atoms with E-state index in [1.54, 1.807) is 0 Å². The Morgan fingerprint density at radius 2 is 2.04 bits per heavy atom. The van der Waals surface area contributed by atoms with E-state index < -0.39 is 0 Å². The number of aromatic nitrogens is 7. The molecule has 0 N–H and O–H groups in total. The lowest BCUT2D eigenvalue weighted by Gasteiger charge is -2.30. The van der Waals surface area contributed by atoms with Crippen LogP contribution in [0.3, 0.4) is 0 Å². The van der Waals surface area contributed by atoms with Gasteiger partial charge in [-0.05, 0) is 56.8 Å². The molecule has 0 bridgehead atoms. The highest BCUT2D eigenvalue weighted by molar-refractivity contribution is 5.43. The maximum atomic E-state index is 4.84. The Kier molecular flexibility index (Phi) is 3.51. The van der Waals surface area contributed by atoms with Gasteiger partial charge in [-0.3, -0.25) is 9.58 Å². The van der Waals surface area contributed by atoms with Gasteiger partial charge >= 0.3 is 0 Å². The van der Waals surface area contributed by atoms with Crippen molar-refractivity contribution in [2.45, 2.75) is 44.6 Å². The van der Waals surface area contributed by atoms with E-state index in [2.05, 4.69) is 31.5 Å². The van der Waals surface area contributed by atoms with E-state index >= 15 is 0 Å². The molecule has 130 valence electrons. The minimum Gasteiger partial charge on any atom is -0.297 e. The van der Waals surface area contributed by atoms with Crippen LogP contribution in [0.4, 0.5) is 0 Å². The summed E-state index contributed by atoms with van der Waals surface area (Å²) in [4.78, 5) is 2.46. The SMILES string of the molecule is Cn1nncc1CN1CCC(c2nnc3cc4c(nn23)CCC4)CC1. The molecule has 1 aliphatic heterocycles. The van der Waals surface area contributed by atoms with Crippen LogP contribution in [0.2, 0.25) is 0 Å². The minimum absolute atomic E-state index is 0.433. The van der Waals surface area contributed by atoms with Gasteiger partial charge in [-0.15, -0.1) is 15.3 Å². The van der Waals surface area contributed by atoms with Crippen LogP contribution in [0.5, 0.6) is 0 Å². The van der Waals surface area contributed by atoms with Crippen LogP contribution >= 0.6 is 0 Å². The molecule has 0 radical (unpaired) electrons. The molecule has 0 amide bonds. The number of rotatable bonds is 3. The fourth-order valence-electron chi connectivity index (χ4n) is 4.08. The second-order valence-electron chi connectivity index (χ2n) is 7.20. The monoisotopic (exact) mass is 338 g/mol. The Morgan fingerprint density at radius 3 is 2.84 bits per heavy atom. The van der Waals surface area contributed by atoms with Crippen molar-refractivity contribution in [2.75, 3.05) is 13.1 Å². The number of aryl methyl sites for hydroxylation is 3. The molecule has 1 saturated heterocycles. The van der Waals surface area contributed by atoms with Crippen LogP contribution in [0.15, 0.2) is 12.3 Å². The summed E-state index contributed by atoms with van der Waals surface area (Å²) < 4.78 is 3.85. The summed E-state index contributed by atoms with van der Waals surface area (Å²) in [5.41, 5.74) is 4.64. The van der Waals surface area contributed by atoms with Gasteiger partial charge in [0.1, 0.15) is 0 Å². The van der Waals surface area contributed by atoms with E-state index in [1.165, 1.54) is 17.7 Å². The van der Waals surface area contributed by atoms with Crippen LogP contribution < -0.4 is 0 Å². The van der Waals surface area contributed by atoms with E-state index in [0.29, 0.717) is 5.92 Å². The normalized spacial score (nSPS) is 18.9. The largest absolute Gasteiger partial charge is 0.297 e. The van der Waals surface area contributed by atoms with Crippen LogP contribution in [0, 0.1) is 0 Å². The van der Waals surface area contributed by atoms with Crippen LogP contribution in [-0.2, 0) is 26.4 Å². The zero-order valence-corrected chi connectivity index (χ0v) is 14.5. The maximum Gasteiger partial charge on any atom is 0.178 e. The summed E-state index contributed by atoms with van der Waals surface area (Å²) in [6.45, 7) is 3.01. The quantitative estimate of drug-likeness (QED) is 0.712. The van der Waals surface area contributed by atoms with Gasteiger partial charge in [0, 0.05) is 19.5 Å². The van der Waals surface area contributed by atoms with Gasteiger partial charge in [-0.1, -0.05) is 5.21 Å². The second kappa shape index (κ2) is 5.87.